The molecule has 1 aliphatic rings. The summed E-state index contributed by atoms with van der Waals surface area (Å²) in [6.07, 6.45) is 3.84. The number of carbonyl (C=O) groups excluding carboxylic acids is 1. The number of ketones is 1. The molecule has 0 aliphatic heterocycles. The molecule has 2 unspecified atom stereocenters. The molecule has 0 saturated heterocycles. The Bertz CT molecular complexity index is 228. The number of hydrogen-bond acceptors (Lipinski definition) is 3. The molecular formula is C13H26N2O. The zero-order valence-corrected chi connectivity index (χ0v) is 11.2. The maximum absolute atomic E-state index is 11.5. The first-order chi connectivity index (χ1) is 7.54. The van der Waals surface area contributed by atoms with Crippen molar-refractivity contribution in [2.75, 3.05) is 27.2 Å². The van der Waals surface area contributed by atoms with Gasteiger partial charge in [0.15, 0.2) is 0 Å². The van der Waals surface area contributed by atoms with Crippen molar-refractivity contribution in [1.82, 2.24) is 9.80 Å². The molecule has 0 amide bonds. The van der Waals surface area contributed by atoms with Crippen LogP contribution in [0.4, 0.5) is 0 Å². The van der Waals surface area contributed by atoms with Crippen molar-refractivity contribution < 1.29 is 4.79 Å². The Balaban J connectivity index is 2.54. The van der Waals surface area contributed by atoms with Crippen molar-refractivity contribution in [3.05, 3.63) is 0 Å². The fourth-order valence-corrected chi connectivity index (χ4v) is 2.85. The Hall–Kier alpha value is -0.410. The van der Waals surface area contributed by atoms with Gasteiger partial charge in [-0.05, 0) is 40.4 Å². The molecule has 16 heavy (non-hydrogen) atoms. The van der Waals surface area contributed by atoms with E-state index in [0.717, 1.165) is 32.4 Å². The summed E-state index contributed by atoms with van der Waals surface area (Å²) >= 11 is 0. The van der Waals surface area contributed by atoms with Gasteiger partial charge in [-0.2, -0.15) is 0 Å². The van der Waals surface area contributed by atoms with Crippen molar-refractivity contribution in [3.63, 3.8) is 0 Å². The molecule has 3 heteroatoms. The van der Waals surface area contributed by atoms with Gasteiger partial charge in [-0.1, -0.05) is 6.92 Å². The number of Topliss-reactive ketones (excluding diaryl/α,β-unsaturated/α-hetero) is 1. The predicted molar refractivity (Wildman–Crippen MR) is 67.7 cm³/mol. The molecule has 1 saturated carbocycles. The fourth-order valence-electron chi connectivity index (χ4n) is 2.85. The number of hydrogen-bond donors (Lipinski definition) is 0. The van der Waals surface area contributed by atoms with Crippen molar-refractivity contribution in [2.45, 2.75) is 51.6 Å². The summed E-state index contributed by atoms with van der Waals surface area (Å²) in [6, 6.07) is 1.03. The maximum atomic E-state index is 11.5. The minimum atomic E-state index is 0.451. The minimum Gasteiger partial charge on any atom is -0.308 e. The molecule has 0 heterocycles. The normalized spacial score (nSPS) is 24.1. The van der Waals surface area contributed by atoms with E-state index in [-0.39, 0.29) is 0 Å². The minimum absolute atomic E-state index is 0.451. The lowest BCUT2D eigenvalue weighted by atomic mass is 9.92. The summed E-state index contributed by atoms with van der Waals surface area (Å²) in [5.74, 6) is 0.451. The maximum Gasteiger partial charge on any atom is 0.134 e. The SMILES string of the molecule is CCN(C(C)CN(C)C)C1CCCC(=O)C1. The zero-order valence-electron chi connectivity index (χ0n) is 11.2. The molecule has 0 bridgehead atoms. The lowest BCUT2D eigenvalue weighted by molar-refractivity contribution is -0.122. The first-order valence-electron chi connectivity index (χ1n) is 6.46. The summed E-state index contributed by atoms with van der Waals surface area (Å²) in [6.45, 7) is 6.58. The van der Waals surface area contributed by atoms with Gasteiger partial charge in [0.25, 0.3) is 0 Å². The van der Waals surface area contributed by atoms with Crippen LogP contribution in [-0.2, 0) is 4.79 Å². The molecule has 1 fully saturated rings. The second-order valence-electron chi connectivity index (χ2n) is 5.23. The van der Waals surface area contributed by atoms with E-state index >= 15 is 0 Å². The standard InChI is InChI=1S/C13H26N2O/c1-5-15(11(2)10-14(3)4)12-7-6-8-13(16)9-12/h11-12H,5-10H2,1-4H3. The smallest absolute Gasteiger partial charge is 0.134 e. The monoisotopic (exact) mass is 226 g/mol. The lowest BCUT2D eigenvalue weighted by Crippen LogP contribution is -2.47. The average Bonchev–Trinajstić information content (AvgIpc) is 2.17. The molecule has 0 aromatic rings. The van der Waals surface area contributed by atoms with Crippen LogP contribution in [0.5, 0.6) is 0 Å². The van der Waals surface area contributed by atoms with Crippen LogP contribution in [0.15, 0.2) is 0 Å². The highest BCUT2D eigenvalue weighted by Gasteiger charge is 2.27. The third-order valence-electron chi connectivity index (χ3n) is 3.49. The highest BCUT2D eigenvalue weighted by atomic mass is 16.1. The van der Waals surface area contributed by atoms with Crippen LogP contribution in [0, 0.1) is 0 Å². The Morgan fingerprint density at radius 3 is 2.62 bits per heavy atom. The summed E-state index contributed by atoms with van der Waals surface area (Å²) in [4.78, 5) is 16.2. The second-order valence-corrected chi connectivity index (χ2v) is 5.23. The fraction of sp³-hybridized carbons (Fsp3) is 0.923. The predicted octanol–water partition coefficient (Wildman–Crippen LogP) is 1.77. The van der Waals surface area contributed by atoms with Gasteiger partial charge in [0.05, 0.1) is 0 Å². The van der Waals surface area contributed by atoms with Crippen molar-refractivity contribution in [3.8, 4) is 0 Å². The zero-order chi connectivity index (χ0) is 12.1. The highest BCUT2D eigenvalue weighted by molar-refractivity contribution is 5.79. The Kier molecular flexibility index (Phi) is 5.42. The highest BCUT2D eigenvalue weighted by Crippen LogP contribution is 2.22. The molecule has 0 aromatic heterocycles. The van der Waals surface area contributed by atoms with Gasteiger partial charge >= 0.3 is 0 Å². The third kappa shape index (κ3) is 3.87. The van der Waals surface area contributed by atoms with E-state index in [2.05, 4.69) is 37.7 Å². The molecule has 94 valence electrons. The van der Waals surface area contributed by atoms with Crippen LogP contribution >= 0.6 is 0 Å². The first kappa shape index (κ1) is 13.7. The Labute approximate surface area is 99.8 Å². The lowest BCUT2D eigenvalue weighted by Gasteiger charge is -2.38. The van der Waals surface area contributed by atoms with Crippen LogP contribution in [-0.4, -0.2) is 54.9 Å². The van der Waals surface area contributed by atoms with Gasteiger partial charge in [0, 0.05) is 31.5 Å². The van der Waals surface area contributed by atoms with Crippen molar-refractivity contribution >= 4 is 5.78 Å². The van der Waals surface area contributed by atoms with Gasteiger partial charge in [-0.25, -0.2) is 0 Å². The summed E-state index contributed by atoms with van der Waals surface area (Å²) in [7, 11) is 4.22. The summed E-state index contributed by atoms with van der Waals surface area (Å²) in [5, 5.41) is 0. The van der Waals surface area contributed by atoms with E-state index in [9.17, 15) is 4.79 Å². The van der Waals surface area contributed by atoms with Crippen LogP contribution in [0.1, 0.15) is 39.5 Å². The van der Waals surface area contributed by atoms with Gasteiger partial charge in [0.2, 0.25) is 0 Å². The van der Waals surface area contributed by atoms with Crippen molar-refractivity contribution in [1.29, 1.82) is 0 Å². The molecular weight excluding hydrogens is 200 g/mol. The van der Waals surface area contributed by atoms with E-state index in [1.807, 2.05) is 0 Å². The van der Waals surface area contributed by atoms with E-state index in [4.69, 9.17) is 0 Å². The summed E-state index contributed by atoms with van der Waals surface area (Å²) in [5.41, 5.74) is 0. The van der Waals surface area contributed by atoms with Crippen LogP contribution < -0.4 is 0 Å². The quantitative estimate of drug-likeness (QED) is 0.714. The van der Waals surface area contributed by atoms with Crippen molar-refractivity contribution in [2.24, 2.45) is 0 Å². The molecule has 0 radical (unpaired) electrons. The third-order valence-corrected chi connectivity index (χ3v) is 3.49. The van der Waals surface area contributed by atoms with E-state index in [0.29, 0.717) is 17.9 Å². The van der Waals surface area contributed by atoms with E-state index < -0.39 is 0 Å². The second kappa shape index (κ2) is 6.36. The average molecular weight is 226 g/mol. The number of rotatable bonds is 5. The van der Waals surface area contributed by atoms with Gasteiger partial charge < -0.3 is 4.90 Å². The van der Waals surface area contributed by atoms with E-state index in [1.165, 1.54) is 6.42 Å². The molecule has 1 rings (SSSR count). The van der Waals surface area contributed by atoms with Crippen LogP contribution in [0.25, 0.3) is 0 Å². The van der Waals surface area contributed by atoms with E-state index in [1.54, 1.807) is 0 Å². The molecule has 1 aliphatic carbocycles. The molecule has 0 N–H and O–H groups in total. The van der Waals surface area contributed by atoms with Crippen LogP contribution in [0.3, 0.4) is 0 Å². The summed E-state index contributed by atoms with van der Waals surface area (Å²) < 4.78 is 0. The molecule has 0 aromatic carbocycles. The Morgan fingerprint density at radius 1 is 1.44 bits per heavy atom. The number of likely N-dealkylation sites (N-methyl/N-ethyl adjacent to an activating group) is 2. The first-order valence-corrected chi connectivity index (χ1v) is 6.46. The molecule has 0 spiro atoms. The van der Waals surface area contributed by atoms with Gasteiger partial charge in [-0.15, -0.1) is 0 Å². The molecule has 3 nitrogen and oxygen atoms in total. The Morgan fingerprint density at radius 2 is 2.12 bits per heavy atom. The number of carbonyl (C=O) groups is 1. The topological polar surface area (TPSA) is 23.6 Å². The van der Waals surface area contributed by atoms with Gasteiger partial charge in [-0.3, -0.25) is 9.69 Å². The largest absolute Gasteiger partial charge is 0.308 e. The van der Waals surface area contributed by atoms with Gasteiger partial charge in [0.1, 0.15) is 5.78 Å². The van der Waals surface area contributed by atoms with Crippen LogP contribution in [0.2, 0.25) is 0 Å². The molecule has 2 atom stereocenters. The number of nitrogens with zero attached hydrogens (tertiary/aromatic N) is 2.